The molecule has 4 N–H and O–H groups in total. The molecule has 1 fully saturated rings. The molecule has 2 rings (SSSR count). The largest absolute Gasteiger partial charge is 0.384 e. The number of hydrogen-bond acceptors (Lipinski definition) is 4. The Hall–Kier alpha value is -1.60. The minimum absolute atomic E-state index is 0.0449. The molecule has 0 aromatic heterocycles. The number of nitrogens with one attached hydrogen (secondary N) is 2. The minimum Gasteiger partial charge on any atom is -0.384 e. The number of nitrogen functional groups attached to an aromatic ring is 1. The molecule has 1 aromatic rings. The first-order valence-corrected chi connectivity index (χ1v) is 8.10. The molecule has 0 spiro atoms. The van der Waals surface area contributed by atoms with E-state index >= 15 is 0 Å². The summed E-state index contributed by atoms with van der Waals surface area (Å²) in [4.78, 5) is 0. The van der Waals surface area contributed by atoms with Crippen molar-refractivity contribution in [3.63, 3.8) is 0 Å². The van der Waals surface area contributed by atoms with Crippen LogP contribution in [0.2, 0.25) is 0 Å². The van der Waals surface area contributed by atoms with Gasteiger partial charge < -0.3 is 10.5 Å². The van der Waals surface area contributed by atoms with Gasteiger partial charge in [0.15, 0.2) is 0 Å². The van der Waals surface area contributed by atoms with Gasteiger partial charge in [0.2, 0.25) is 10.0 Å². The Morgan fingerprint density at radius 1 is 1.55 bits per heavy atom. The SMILES string of the molecule is Cc1ccc(C(=N)N)cc1NS(=O)(=O)CC1CCCO1. The van der Waals surface area contributed by atoms with E-state index in [0.29, 0.717) is 17.9 Å². The van der Waals surface area contributed by atoms with Crippen LogP contribution in [0.3, 0.4) is 0 Å². The molecule has 0 aliphatic carbocycles. The van der Waals surface area contributed by atoms with Crippen molar-refractivity contribution in [3.05, 3.63) is 29.3 Å². The maximum absolute atomic E-state index is 12.1. The fraction of sp³-hybridized carbons (Fsp3) is 0.462. The number of benzene rings is 1. The number of amidine groups is 1. The van der Waals surface area contributed by atoms with Gasteiger partial charge in [-0.05, 0) is 31.4 Å². The molecule has 0 radical (unpaired) electrons. The molecule has 1 aromatic carbocycles. The van der Waals surface area contributed by atoms with Gasteiger partial charge in [0.1, 0.15) is 5.84 Å². The monoisotopic (exact) mass is 297 g/mol. The van der Waals surface area contributed by atoms with Gasteiger partial charge in [-0.3, -0.25) is 10.1 Å². The highest BCUT2D eigenvalue weighted by molar-refractivity contribution is 7.92. The Balaban J connectivity index is 2.15. The lowest BCUT2D eigenvalue weighted by atomic mass is 10.1. The highest BCUT2D eigenvalue weighted by atomic mass is 32.2. The van der Waals surface area contributed by atoms with Gasteiger partial charge in [-0.1, -0.05) is 12.1 Å². The number of hydrogen-bond donors (Lipinski definition) is 3. The molecule has 20 heavy (non-hydrogen) atoms. The second-order valence-corrected chi connectivity index (χ2v) is 6.73. The van der Waals surface area contributed by atoms with E-state index in [0.717, 1.165) is 18.4 Å². The molecule has 1 unspecified atom stereocenters. The van der Waals surface area contributed by atoms with Gasteiger partial charge in [0, 0.05) is 12.2 Å². The summed E-state index contributed by atoms with van der Waals surface area (Å²) in [7, 11) is -3.47. The first-order valence-electron chi connectivity index (χ1n) is 6.44. The first-order chi connectivity index (χ1) is 9.37. The summed E-state index contributed by atoms with van der Waals surface area (Å²) in [5.74, 6) is -0.138. The number of anilines is 1. The third kappa shape index (κ3) is 3.71. The van der Waals surface area contributed by atoms with Crippen molar-refractivity contribution >= 4 is 21.5 Å². The summed E-state index contributed by atoms with van der Waals surface area (Å²) in [6.45, 7) is 2.42. The van der Waals surface area contributed by atoms with Crippen molar-refractivity contribution in [2.75, 3.05) is 17.1 Å². The zero-order valence-corrected chi connectivity index (χ0v) is 12.2. The predicted octanol–water partition coefficient (Wildman–Crippen LogP) is 1.20. The van der Waals surface area contributed by atoms with Crippen LogP contribution in [0.25, 0.3) is 0 Å². The standard InChI is InChI=1S/C13H19N3O3S/c1-9-4-5-10(13(14)15)7-12(9)16-20(17,18)8-11-3-2-6-19-11/h4-5,7,11,16H,2-3,6,8H2,1H3,(H3,14,15). The van der Waals surface area contributed by atoms with E-state index < -0.39 is 10.0 Å². The average Bonchev–Trinajstić information content (AvgIpc) is 2.83. The molecule has 0 bridgehead atoms. The zero-order valence-electron chi connectivity index (χ0n) is 11.3. The maximum atomic E-state index is 12.1. The smallest absolute Gasteiger partial charge is 0.235 e. The Morgan fingerprint density at radius 2 is 2.30 bits per heavy atom. The highest BCUT2D eigenvalue weighted by Crippen LogP contribution is 2.20. The number of rotatable bonds is 5. The van der Waals surface area contributed by atoms with Crippen molar-refractivity contribution in [2.45, 2.75) is 25.9 Å². The summed E-state index contributed by atoms with van der Waals surface area (Å²) in [6, 6.07) is 5.00. The Labute approximate surface area is 118 Å². The molecular weight excluding hydrogens is 278 g/mol. The van der Waals surface area contributed by atoms with Crippen molar-refractivity contribution in [1.82, 2.24) is 0 Å². The lowest BCUT2D eigenvalue weighted by Crippen LogP contribution is -2.26. The van der Waals surface area contributed by atoms with Gasteiger partial charge in [-0.25, -0.2) is 8.42 Å². The first kappa shape index (κ1) is 14.8. The van der Waals surface area contributed by atoms with Gasteiger partial charge in [0.05, 0.1) is 17.5 Å². The van der Waals surface area contributed by atoms with Crippen LogP contribution in [-0.4, -0.2) is 32.7 Å². The van der Waals surface area contributed by atoms with Crippen LogP contribution in [0.5, 0.6) is 0 Å². The van der Waals surface area contributed by atoms with Gasteiger partial charge >= 0.3 is 0 Å². The van der Waals surface area contributed by atoms with Crippen LogP contribution in [-0.2, 0) is 14.8 Å². The van der Waals surface area contributed by atoms with Gasteiger partial charge in [0.25, 0.3) is 0 Å². The quantitative estimate of drug-likeness (QED) is 0.561. The van der Waals surface area contributed by atoms with Crippen molar-refractivity contribution in [3.8, 4) is 0 Å². The lowest BCUT2D eigenvalue weighted by Gasteiger charge is -2.14. The predicted molar refractivity (Wildman–Crippen MR) is 78.6 cm³/mol. The maximum Gasteiger partial charge on any atom is 0.235 e. The lowest BCUT2D eigenvalue weighted by molar-refractivity contribution is 0.127. The summed E-state index contributed by atoms with van der Waals surface area (Å²) in [5.41, 5.74) is 7.14. The third-order valence-electron chi connectivity index (χ3n) is 3.24. The molecule has 1 heterocycles. The minimum atomic E-state index is -3.47. The number of sulfonamides is 1. The molecule has 1 aliphatic heterocycles. The summed E-state index contributed by atoms with van der Waals surface area (Å²) >= 11 is 0. The molecule has 1 aliphatic rings. The molecule has 1 atom stereocenters. The van der Waals surface area contributed by atoms with E-state index in [1.165, 1.54) is 0 Å². The highest BCUT2D eigenvalue weighted by Gasteiger charge is 2.23. The fourth-order valence-corrected chi connectivity index (χ4v) is 3.52. The summed E-state index contributed by atoms with van der Waals surface area (Å²) in [5, 5.41) is 7.40. The van der Waals surface area contributed by atoms with E-state index in [9.17, 15) is 8.42 Å². The van der Waals surface area contributed by atoms with Crippen LogP contribution >= 0.6 is 0 Å². The van der Waals surface area contributed by atoms with Gasteiger partial charge in [-0.2, -0.15) is 0 Å². The summed E-state index contributed by atoms with van der Waals surface area (Å²) in [6.07, 6.45) is 1.44. The number of aryl methyl sites for hydroxylation is 1. The van der Waals surface area contributed by atoms with Crippen LogP contribution in [0.1, 0.15) is 24.0 Å². The Morgan fingerprint density at radius 3 is 2.90 bits per heavy atom. The number of nitrogens with two attached hydrogens (primary N) is 1. The summed E-state index contributed by atoms with van der Waals surface area (Å²) < 4.78 is 32.1. The second-order valence-electron chi connectivity index (χ2n) is 4.96. The van der Waals surface area contributed by atoms with Crippen LogP contribution in [0, 0.1) is 12.3 Å². The fourth-order valence-electron chi connectivity index (χ4n) is 2.13. The van der Waals surface area contributed by atoms with E-state index in [1.807, 2.05) is 0 Å². The molecule has 110 valence electrons. The van der Waals surface area contributed by atoms with E-state index in [-0.39, 0.29) is 17.7 Å². The van der Waals surface area contributed by atoms with E-state index in [2.05, 4.69) is 4.72 Å². The second kappa shape index (κ2) is 5.80. The van der Waals surface area contributed by atoms with Crippen LogP contribution in [0.15, 0.2) is 18.2 Å². The molecular formula is C13H19N3O3S. The molecule has 7 heteroatoms. The third-order valence-corrected chi connectivity index (χ3v) is 4.58. The molecule has 1 saturated heterocycles. The van der Waals surface area contributed by atoms with E-state index in [4.69, 9.17) is 15.9 Å². The van der Waals surface area contributed by atoms with Crippen LogP contribution < -0.4 is 10.5 Å². The van der Waals surface area contributed by atoms with E-state index in [1.54, 1.807) is 25.1 Å². The van der Waals surface area contributed by atoms with Gasteiger partial charge in [-0.15, -0.1) is 0 Å². The number of ether oxygens (including phenoxy) is 1. The average molecular weight is 297 g/mol. The van der Waals surface area contributed by atoms with Crippen LogP contribution in [0.4, 0.5) is 5.69 Å². The normalized spacial score (nSPS) is 18.9. The zero-order chi connectivity index (χ0) is 14.8. The Bertz CT molecular complexity index is 607. The molecule has 6 nitrogen and oxygen atoms in total. The van der Waals surface area contributed by atoms with Crippen molar-refractivity contribution < 1.29 is 13.2 Å². The topological polar surface area (TPSA) is 105 Å². The van der Waals surface area contributed by atoms with Crippen molar-refractivity contribution in [2.24, 2.45) is 5.73 Å². The molecule has 0 amide bonds. The van der Waals surface area contributed by atoms with Crippen molar-refractivity contribution in [1.29, 1.82) is 5.41 Å². The Kier molecular flexibility index (Phi) is 4.29. The molecule has 0 saturated carbocycles.